The number of nitrogens with one attached hydrogen (secondary N) is 1. The van der Waals surface area contributed by atoms with Crippen LogP contribution in [0.2, 0.25) is 0 Å². The van der Waals surface area contributed by atoms with Crippen molar-refractivity contribution in [1.82, 2.24) is 15.3 Å². The van der Waals surface area contributed by atoms with Crippen molar-refractivity contribution in [3.8, 4) is 5.88 Å². The molecule has 1 amide bonds. The molecule has 0 aliphatic carbocycles. The zero-order valence-corrected chi connectivity index (χ0v) is 12.6. The van der Waals surface area contributed by atoms with Crippen LogP contribution in [0.25, 0.3) is 0 Å². The van der Waals surface area contributed by atoms with Gasteiger partial charge in [0, 0.05) is 18.3 Å². The smallest absolute Gasteiger partial charge is 0.263 e. The highest BCUT2D eigenvalue weighted by molar-refractivity contribution is 7.13. The molecular formula is C14H17N3O2S. The monoisotopic (exact) mass is 291 g/mol. The van der Waals surface area contributed by atoms with E-state index in [9.17, 15) is 4.79 Å². The van der Waals surface area contributed by atoms with Gasteiger partial charge in [0.1, 0.15) is 4.88 Å². The molecule has 6 heteroatoms. The van der Waals surface area contributed by atoms with Gasteiger partial charge in [-0.2, -0.15) is 0 Å². The van der Waals surface area contributed by atoms with Crippen LogP contribution in [0.1, 0.15) is 32.9 Å². The Morgan fingerprint density at radius 1 is 1.45 bits per heavy atom. The number of hydrogen-bond acceptors (Lipinski definition) is 5. The predicted octanol–water partition coefficient (Wildman–Crippen LogP) is 2.48. The van der Waals surface area contributed by atoms with E-state index >= 15 is 0 Å². The van der Waals surface area contributed by atoms with Gasteiger partial charge in [-0.05, 0) is 26.8 Å². The Morgan fingerprint density at radius 2 is 2.25 bits per heavy atom. The molecule has 2 rings (SSSR count). The van der Waals surface area contributed by atoms with Gasteiger partial charge in [0.2, 0.25) is 5.88 Å². The van der Waals surface area contributed by atoms with Crippen molar-refractivity contribution in [2.24, 2.45) is 0 Å². The molecule has 0 aromatic carbocycles. The first-order valence-corrected chi connectivity index (χ1v) is 7.22. The lowest BCUT2D eigenvalue weighted by atomic mass is 10.2. The Morgan fingerprint density at radius 3 is 2.90 bits per heavy atom. The summed E-state index contributed by atoms with van der Waals surface area (Å²) in [6.07, 6.45) is 1.67. The van der Waals surface area contributed by atoms with Crippen molar-refractivity contribution in [1.29, 1.82) is 0 Å². The highest BCUT2D eigenvalue weighted by Crippen LogP contribution is 2.18. The molecule has 0 radical (unpaired) electrons. The maximum Gasteiger partial charge on any atom is 0.263 e. The number of aryl methyl sites for hydroxylation is 2. The first kappa shape index (κ1) is 14.5. The summed E-state index contributed by atoms with van der Waals surface area (Å²) in [5.74, 6) is 0.451. The van der Waals surface area contributed by atoms with Gasteiger partial charge in [0.05, 0.1) is 17.3 Å². The van der Waals surface area contributed by atoms with Crippen molar-refractivity contribution < 1.29 is 9.53 Å². The number of aromatic nitrogens is 2. The molecule has 106 valence electrons. The second kappa shape index (κ2) is 6.47. The third kappa shape index (κ3) is 3.33. The van der Waals surface area contributed by atoms with Crippen LogP contribution in [0.3, 0.4) is 0 Å². The molecule has 0 bridgehead atoms. The minimum atomic E-state index is -0.112. The van der Waals surface area contributed by atoms with Crippen molar-refractivity contribution in [2.75, 3.05) is 6.61 Å². The fourth-order valence-corrected chi connectivity index (χ4v) is 2.66. The van der Waals surface area contributed by atoms with Gasteiger partial charge in [0.25, 0.3) is 5.91 Å². The average Bonchev–Trinajstić information content (AvgIpc) is 2.77. The molecule has 0 unspecified atom stereocenters. The summed E-state index contributed by atoms with van der Waals surface area (Å²) in [5.41, 5.74) is 1.63. The van der Waals surface area contributed by atoms with Crippen LogP contribution < -0.4 is 10.1 Å². The molecule has 2 heterocycles. The van der Waals surface area contributed by atoms with E-state index in [4.69, 9.17) is 4.74 Å². The summed E-state index contributed by atoms with van der Waals surface area (Å²) < 4.78 is 5.43. The van der Waals surface area contributed by atoms with Crippen LogP contribution in [0.15, 0.2) is 18.3 Å². The van der Waals surface area contributed by atoms with Crippen LogP contribution in [-0.2, 0) is 6.54 Å². The summed E-state index contributed by atoms with van der Waals surface area (Å²) in [6, 6.07) is 3.72. The van der Waals surface area contributed by atoms with Gasteiger partial charge in [-0.15, -0.1) is 11.3 Å². The standard InChI is InChI=1S/C14H17N3O2S/c1-4-19-14-11(6-5-7-15-14)8-16-13(18)12-9(2)17-10(3)20-12/h5-7H,4,8H2,1-3H3,(H,16,18). The predicted molar refractivity (Wildman–Crippen MR) is 78.2 cm³/mol. The molecule has 0 spiro atoms. The second-order valence-electron chi connectivity index (χ2n) is 4.23. The number of carbonyl (C=O) groups is 1. The molecule has 0 atom stereocenters. The summed E-state index contributed by atoms with van der Waals surface area (Å²) in [4.78, 5) is 21.2. The SMILES string of the molecule is CCOc1ncccc1CNC(=O)c1sc(C)nc1C. The molecule has 0 aliphatic heterocycles. The van der Waals surface area contributed by atoms with E-state index in [1.54, 1.807) is 6.20 Å². The lowest BCUT2D eigenvalue weighted by molar-refractivity contribution is 0.0954. The average molecular weight is 291 g/mol. The van der Waals surface area contributed by atoms with Crippen molar-refractivity contribution >= 4 is 17.2 Å². The zero-order chi connectivity index (χ0) is 14.5. The van der Waals surface area contributed by atoms with Gasteiger partial charge in [-0.3, -0.25) is 4.79 Å². The highest BCUT2D eigenvalue weighted by Gasteiger charge is 2.14. The highest BCUT2D eigenvalue weighted by atomic mass is 32.1. The molecule has 0 aliphatic rings. The Balaban J connectivity index is 2.05. The molecule has 0 fully saturated rings. The van der Waals surface area contributed by atoms with Crippen molar-refractivity contribution in [2.45, 2.75) is 27.3 Å². The van der Waals surface area contributed by atoms with E-state index in [2.05, 4.69) is 15.3 Å². The molecule has 0 saturated heterocycles. The van der Waals surface area contributed by atoms with Crippen LogP contribution in [0.4, 0.5) is 0 Å². The second-order valence-corrected chi connectivity index (χ2v) is 5.43. The number of pyridine rings is 1. The van der Waals surface area contributed by atoms with Crippen LogP contribution >= 0.6 is 11.3 Å². The zero-order valence-electron chi connectivity index (χ0n) is 11.8. The van der Waals surface area contributed by atoms with E-state index < -0.39 is 0 Å². The van der Waals surface area contributed by atoms with E-state index in [1.807, 2.05) is 32.9 Å². The molecule has 2 aromatic heterocycles. The first-order valence-electron chi connectivity index (χ1n) is 6.40. The van der Waals surface area contributed by atoms with Crippen LogP contribution in [0.5, 0.6) is 5.88 Å². The quantitative estimate of drug-likeness (QED) is 0.919. The van der Waals surface area contributed by atoms with Gasteiger partial charge < -0.3 is 10.1 Å². The lowest BCUT2D eigenvalue weighted by Crippen LogP contribution is -2.23. The molecule has 20 heavy (non-hydrogen) atoms. The van der Waals surface area contributed by atoms with E-state index in [-0.39, 0.29) is 5.91 Å². The van der Waals surface area contributed by atoms with Crippen molar-refractivity contribution in [3.05, 3.63) is 39.5 Å². The largest absolute Gasteiger partial charge is 0.478 e. The third-order valence-corrected chi connectivity index (χ3v) is 3.75. The Labute approximate surface area is 122 Å². The number of thiazole rings is 1. The fourth-order valence-electron chi connectivity index (χ4n) is 1.82. The summed E-state index contributed by atoms with van der Waals surface area (Å²) in [6.45, 7) is 6.57. The molecule has 0 saturated carbocycles. The summed E-state index contributed by atoms with van der Waals surface area (Å²) in [5, 5.41) is 3.77. The topological polar surface area (TPSA) is 64.1 Å². The molecular weight excluding hydrogens is 274 g/mol. The molecule has 2 aromatic rings. The van der Waals surface area contributed by atoms with Crippen LogP contribution in [-0.4, -0.2) is 22.5 Å². The number of rotatable bonds is 5. The minimum absolute atomic E-state index is 0.112. The molecule has 5 nitrogen and oxygen atoms in total. The lowest BCUT2D eigenvalue weighted by Gasteiger charge is -2.09. The Hall–Kier alpha value is -1.95. The van der Waals surface area contributed by atoms with Crippen LogP contribution in [0, 0.1) is 13.8 Å². The summed E-state index contributed by atoms with van der Waals surface area (Å²) >= 11 is 1.40. The molecule has 1 N–H and O–H groups in total. The number of nitrogens with zero attached hydrogens (tertiary/aromatic N) is 2. The van der Waals surface area contributed by atoms with Gasteiger partial charge in [0.15, 0.2) is 0 Å². The fraction of sp³-hybridized carbons (Fsp3) is 0.357. The van der Waals surface area contributed by atoms with Gasteiger partial charge in [-0.25, -0.2) is 9.97 Å². The van der Waals surface area contributed by atoms with Crippen molar-refractivity contribution in [3.63, 3.8) is 0 Å². The summed E-state index contributed by atoms with van der Waals surface area (Å²) in [7, 11) is 0. The number of carbonyl (C=O) groups excluding carboxylic acids is 1. The van der Waals surface area contributed by atoms with E-state index in [1.165, 1.54) is 11.3 Å². The number of ether oxygens (including phenoxy) is 1. The van der Waals surface area contributed by atoms with Gasteiger partial charge >= 0.3 is 0 Å². The normalized spacial score (nSPS) is 10.3. The third-order valence-electron chi connectivity index (χ3n) is 2.68. The van der Waals surface area contributed by atoms with E-state index in [0.717, 1.165) is 16.3 Å². The Bertz CT molecular complexity index is 610. The maximum atomic E-state index is 12.1. The maximum absolute atomic E-state index is 12.1. The van der Waals surface area contributed by atoms with E-state index in [0.29, 0.717) is 23.9 Å². The first-order chi connectivity index (χ1) is 9.61. The minimum Gasteiger partial charge on any atom is -0.478 e. The number of amides is 1. The number of hydrogen-bond donors (Lipinski definition) is 1. The van der Waals surface area contributed by atoms with Gasteiger partial charge in [-0.1, -0.05) is 6.07 Å². The Kier molecular flexibility index (Phi) is 4.68.